The Morgan fingerprint density at radius 1 is 1.11 bits per heavy atom. The number of aromatic nitrogens is 4. The van der Waals surface area contributed by atoms with Crippen LogP contribution in [0.1, 0.15) is 30.3 Å². The van der Waals surface area contributed by atoms with Crippen molar-refractivity contribution in [3.05, 3.63) is 66.1 Å². The van der Waals surface area contributed by atoms with E-state index in [1.807, 2.05) is 24.3 Å². The molecule has 1 aliphatic carbocycles. The lowest BCUT2D eigenvalue weighted by Gasteiger charge is -2.35. The van der Waals surface area contributed by atoms with Crippen LogP contribution in [0.15, 0.2) is 54.7 Å². The van der Waals surface area contributed by atoms with Crippen molar-refractivity contribution in [3.63, 3.8) is 0 Å². The predicted octanol–water partition coefficient (Wildman–Crippen LogP) is 3.39. The third kappa shape index (κ3) is 4.72. The highest BCUT2D eigenvalue weighted by Gasteiger charge is 2.33. The molecule has 8 nitrogen and oxygen atoms in total. The number of nitrogens with zero attached hydrogens (tertiary/aromatic N) is 4. The fourth-order valence-corrected chi connectivity index (χ4v) is 4.33. The Morgan fingerprint density at radius 2 is 1.91 bits per heavy atom. The zero-order valence-corrected chi connectivity index (χ0v) is 18.8. The molecule has 0 saturated heterocycles. The molecular formula is C25H25F2N5O3. The van der Waals surface area contributed by atoms with E-state index in [0.29, 0.717) is 52.2 Å². The molecule has 0 amide bonds. The Hall–Kier alpha value is -3.47. The number of alkyl halides is 2. The zero-order valence-electron chi connectivity index (χ0n) is 18.8. The van der Waals surface area contributed by atoms with Crippen LogP contribution >= 0.6 is 0 Å². The van der Waals surface area contributed by atoms with Gasteiger partial charge in [0.2, 0.25) is 0 Å². The quantitative estimate of drug-likeness (QED) is 0.353. The molecule has 4 N–H and O–H groups in total. The smallest absolute Gasteiger partial charge is 0.272 e. The van der Waals surface area contributed by atoms with Crippen LogP contribution in [0.3, 0.4) is 0 Å². The molecular weight excluding hydrogens is 456 g/mol. The number of hydrogen-bond donors (Lipinski definition) is 3. The SMILES string of the molecule is N[C@H](c1cccc(-c2cc(OCC(F)F)c3cnn(-c4cccc(CO)n4)c3c2)n1)C1CC(O)C1. The Kier molecular flexibility index (Phi) is 6.42. The molecule has 1 atom stereocenters. The maximum atomic E-state index is 13.0. The fraction of sp³-hybridized carbons (Fsp3) is 0.320. The van der Waals surface area contributed by atoms with Crippen molar-refractivity contribution in [1.82, 2.24) is 19.7 Å². The summed E-state index contributed by atoms with van der Waals surface area (Å²) >= 11 is 0. The summed E-state index contributed by atoms with van der Waals surface area (Å²) in [5, 5.41) is 24.0. The number of nitrogens with two attached hydrogens (primary N) is 1. The molecule has 3 aromatic heterocycles. The highest BCUT2D eigenvalue weighted by atomic mass is 19.3. The third-order valence-electron chi connectivity index (χ3n) is 6.25. The standard InChI is InChI=1S/C25H25F2N5O3/c26-23(27)13-35-22-10-14(19-4-2-5-20(31-19)25(28)15-7-17(34)8-15)9-21-18(22)11-29-32(21)24-6-1-3-16(12-33)30-24/h1-6,9-11,15,17,23,25,33-34H,7-8,12-13,28H2/t15?,17?,25-/m0/s1. The van der Waals surface area contributed by atoms with Crippen LogP contribution in [0.4, 0.5) is 8.78 Å². The monoisotopic (exact) mass is 481 g/mol. The Morgan fingerprint density at radius 3 is 2.66 bits per heavy atom. The van der Waals surface area contributed by atoms with Crippen molar-refractivity contribution in [1.29, 1.82) is 0 Å². The highest BCUT2D eigenvalue weighted by Crippen LogP contribution is 2.37. The lowest BCUT2D eigenvalue weighted by atomic mass is 9.76. The molecule has 0 spiro atoms. The molecule has 3 heterocycles. The van der Waals surface area contributed by atoms with Gasteiger partial charge in [0.05, 0.1) is 52.9 Å². The average Bonchev–Trinajstić information content (AvgIpc) is 3.29. The second-order valence-electron chi connectivity index (χ2n) is 8.67. The zero-order chi connectivity index (χ0) is 24.5. The number of aliphatic hydroxyl groups is 2. The number of aliphatic hydroxyl groups excluding tert-OH is 2. The molecule has 10 heteroatoms. The first kappa shape index (κ1) is 23.3. The van der Waals surface area contributed by atoms with E-state index < -0.39 is 13.0 Å². The summed E-state index contributed by atoms with van der Waals surface area (Å²) in [7, 11) is 0. The predicted molar refractivity (Wildman–Crippen MR) is 125 cm³/mol. The normalized spacial score (nSPS) is 18.6. The van der Waals surface area contributed by atoms with Gasteiger partial charge >= 0.3 is 0 Å². The lowest BCUT2D eigenvalue weighted by molar-refractivity contribution is 0.0302. The topological polar surface area (TPSA) is 119 Å². The van der Waals surface area contributed by atoms with Crippen LogP contribution in [-0.4, -0.2) is 49.1 Å². The van der Waals surface area contributed by atoms with E-state index in [-0.39, 0.29) is 30.4 Å². The van der Waals surface area contributed by atoms with E-state index in [1.54, 1.807) is 28.9 Å². The Balaban J connectivity index is 1.59. The first-order chi connectivity index (χ1) is 16.9. The number of hydrogen-bond acceptors (Lipinski definition) is 7. The van der Waals surface area contributed by atoms with Gasteiger partial charge in [-0.15, -0.1) is 0 Å². The molecule has 35 heavy (non-hydrogen) atoms. The number of pyridine rings is 2. The number of halogens is 2. The van der Waals surface area contributed by atoms with Crippen molar-refractivity contribution >= 4 is 10.9 Å². The van der Waals surface area contributed by atoms with Gasteiger partial charge in [-0.2, -0.15) is 5.10 Å². The van der Waals surface area contributed by atoms with Crippen LogP contribution in [0.25, 0.3) is 28.0 Å². The maximum Gasteiger partial charge on any atom is 0.272 e. The summed E-state index contributed by atoms with van der Waals surface area (Å²) in [6.45, 7) is -0.986. The summed E-state index contributed by atoms with van der Waals surface area (Å²) in [6.07, 6.45) is -0.129. The molecule has 0 radical (unpaired) electrons. The second kappa shape index (κ2) is 9.65. The van der Waals surface area contributed by atoms with Crippen molar-refractivity contribution < 1.29 is 23.7 Å². The van der Waals surface area contributed by atoms with Crippen LogP contribution in [0.5, 0.6) is 5.75 Å². The molecule has 5 rings (SSSR count). The van der Waals surface area contributed by atoms with Gasteiger partial charge in [0, 0.05) is 5.56 Å². The minimum absolute atomic E-state index is 0.159. The van der Waals surface area contributed by atoms with Crippen molar-refractivity contribution in [2.75, 3.05) is 6.61 Å². The van der Waals surface area contributed by atoms with Gasteiger partial charge in [-0.05, 0) is 55.2 Å². The molecule has 4 aromatic rings. The van der Waals surface area contributed by atoms with Crippen molar-refractivity contribution in [2.24, 2.45) is 11.7 Å². The largest absolute Gasteiger partial charge is 0.487 e. The van der Waals surface area contributed by atoms with Gasteiger partial charge in [0.15, 0.2) is 5.82 Å². The first-order valence-corrected chi connectivity index (χ1v) is 11.3. The number of rotatable bonds is 8. The molecule has 1 saturated carbocycles. The molecule has 0 aliphatic heterocycles. The fourth-order valence-electron chi connectivity index (χ4n) is 4.33. The Bertz CT molecular complexity index is 1340. The van der Waals surface area contributed by atoms with Crippen molar-refractivity contribution in [2.45, 2.75) is 38.0 Å². The lowest BCUT2D eigenvalue weighted by Crippen LogP contribution is -2.36. The summed E-state index contributed by atoms with van der Waals surface area (Å²) in [5.74, 6) is 0.878. The molecule has 182 valence electrons. The van der Waals surface area contributed by atoms with E-state index >= 15 is 0 Å². The maximum absolute atomic E-state index is 13.0. The van der Waals surface area contributed by atoms with E-state index in [2.05, 4.69) is 10.1 Å². The van der Waals surface area contributed by atoms with Gasteiger partial charge in [0.25, 0.3) is 6.43 Å². The van der Waals surface area contributed by atoms with Gasteiger partial charge in [0.1, 0.15) is 12.4 Å². The molecule has 1 aliphatic rings. The van der Waals surface area contributed by atoms with Crippen LogP contribution < -0.4 is 10.5 Å². The number of benzene rings is 1. The Labute approximate surface area is 200 Å². The van der Waals surface area contributed by atoms with Gasteiger partial charge in [-0.25, -0.2) is 18.4 Å². The van der Waals surface area contributed by atoms with Crippen molar-refractivity contribution in [3.8, 4) is 22.8 Å². The second-order valence-corrected chi connectivity index (χ2v) is 8.67. The van der Waals surface area contributed by atoms with Gasteiger partial charge < -0.3 is 20.7 Å². The minimum Gasteiger partial charge on any atom is -0.487 e. The molecule has 1 fully saturated rings. The molecule has 0 bridgehead atoms. The first-order valence-electron chi connectivity index (χ1n) is 11.3. The van der Waals surface area contributed by atoms with Crippen LogP contribution in [0.2, 0.25) is 0 Å². The van der Waals surface area contributed by atoms with E-state index in [9.17, 15) is 19.0 Å². The van der Waals surface area contributed by atoms with E-state index in [4.69, 9.17) is 15.5 Å². The summed E-state index contributed by atoms with van der Waals surface area (Å²) in [5.41, 5.74) is 9.40. The van der Waals surface area contributed by atoms with Crippen LogP contribution in [-0.2, 0) is 6.61 Å². The minimum atomic E-state index is -2.64. The number of fused-ring (bicyclic) bond motifs is 1. The summed E-state index contributed by atoms with van der Waals surface area (Å²) < 4.78 is 32.9. The third-order valence-corrected chi connectivity index (χ3v) is 6.25. The van der Waals surface area contributed by atoms with Crippen LogP contribution in [0, 0.1) is 5.92 Å². The summed E-state index contributed by atoms with van der Waals surface area (Å²) in [4.78, 5) is 9.15. The van der Waals surface area contributed by atoms with E-state index in [1.165, 1.54) is 6.20 Å². The average molecular weight is 482 g/mol. The summed E-state index contributed by atoms with van der Waals surface area (Å²) in [6, 6.07) is 13.9. The van der Waals surface area contributed by atoms with Gasteiger partial charge in [-0.3, -0.25) is 4.98 Å². The highest BCUT2D eigenvalue weighted by molar-refractivity contribution is 5.90. The van der Waals surface area contributed by atoms with Gasteiger partial charge in [-0.1, -0.05) is 12.1 Å². The van der Waals surface area contributed by atoms with E-state index in [0.717, 1.165) is 0 Å². The number of ether oxygens (including phenoxy) is 1. The molecule has 0 unspecified atom stereocenters. The molecule has 1 aromatic carbocycles.